The zero-order valence-corrected chi connectivity index (χ0v) is 18.4. The zero-order valence-electron chi connectivity index (χ0n) is 16.8. The fourth-order valence-corrected chi connectivity index (χ4v) is 3.91. The van der Waals surface area contributed by atoms with Crippen molar-refractivity contribution in [1.29, 1.82) is 0 Å². The Balaban J connectivity index is 1.59. The van der Waals surface area contributed by atoms with Gasteiger partial charge < -0.3 is 14.8 Å². The molecule has 0 aliphatic carbocycles. The third-order valence-electron chi connectivity index (χ3n) is 4.27. The molecule has 0 aromatic heterocycles. The molecule has 3 rings (SSSR count). The van der Waals surface area contributed by atoms with E-state index in [2.05, 4.69) is 5.32 Å². The maximum atomic E-state index is 12.5. The van der Waals surface area contributed by atoms with Crippen molar-refractivity contribution in [3.05, 3.63) is 64.0 Å². The number of halogens is 1. The van der Waals surface area contributed by atoms with Crippen molar-refractivity contribution in [2.24, 2.45) is 0 Å². The first-order chi connectivity index (χ1) is 15.0. The summed E-state index contributed by atoms with van der Waals surface area (Å²) in [7, 11) is 1.57. The van der Waals surface area contributed by atoms with Crippen LogP contribution in [0.5, 0.6) is 5.75 Å². The fourth-order valence-electron chi connectivity index (χ4n) is 2.80. The molecule has 0 bridgehead atoms. The minimum Gasteiger partial charge on any atom is -0.482 e. The number of carbonyl (C=O) groups excluding carboxylic acids is 3. The first-order valence-corrected chi connectivity index (χ1v) is 10.7. The van der Waals surface area contributed by atoms with Crippen LogP contribution in [0.2, 0.25) is 5.02 Å². The molecule has 1 fully saturated rings. The average molecular weight is 461 g/mol. The number of thioether (sulfide) groups is 1. The van der Waals surface area contributed by atoms with Crippen LogP contribution in [0.25, 0.3) is 6.08 Å². The molecular formula is C22H21ClN2O5S. The maximum absolute atomic E-state index is 12.5. The van der Waals surface area contributed by atoms with E-state index in [0.29, 0.717) is 46.5 Å². The molecule has 2 aromatic carbocycles. The van der Waals surface area contributed by atoms with Gasteiger partial charge in [0.2, 0.25) is 0 Å². The van der Waals surface area contributed by atoms with E-state index in [1.807, 2.05) is 18.2 Å². The lowest BCUT2D eigenvalue weighted by atomic mass is 10.2. The second-order valence-corrected chi connectivity index (χ2v) is 7.97. The van der Waals surface area contributed by atoms with Gasteiger partial charge in [0.05, 0.1) is 9.93 Å². The van der Waals surface area contributed by atoms with E-state index in [0.717, 1.165) is 11.8 Å². The van der Waals surface area contributed by atoms with Gasteiger partial charge in [-0.1, -0.05) is 35.9 Å². The number of benzene rings is 2. The number of para-hydroxylation sites is 1. The number of rotatable bonds is 9. The number of methoxy groups -OCH3 is 1. The van der Waals surface area contributed by atoms with E-state index in [4.69, 9.17) is 21.1 Å². The van der Waals surface area contributed by atoms with Gasteiger partial charge in [0, 0.05) is 25.9 Å². The number of hydrogen-bond acceptors (Lipinski definition) is 6. The van der Waals surface area contributed by atoms with E-state index < -0.39 is 0 Å². The molecule has 162 valence electrons. The number of imide groups is 1. The van der Waals surface area contributed by atoms with Crippen LogP contribution < -0.4 is 10.1 Å². The van der Waals surface area contributed by atoms with E-state index in [1.54, 1.807) is 43.5 Å². The Morgan fingerprint density at radius 1 is 1.19 bits per heavy atom. The number of amides is 3. The molecule has 3 amide bonds. The van der Waals surface area contributed by atoms with Gasteiger partial charge in [-0.2, -0.15) is 0 Å². The topological polar surface area (TPSA) is 84.9 Å². The molecule has 0 radical (unpaired) electrons. The molecular weight excluding hydrogens is 440 g/mol. The molecule has 2 aromatic rings. The van der Waals surface area contributed by atoms with Crippen molar-refractivity contribution in [3.8, 4) is 5.75 Å². The Bertz CT molecular complexity index is 997. The molecule has 7 nitrogen and oxygen atoms in total. The van der Waals surface area contributed by atoms with Gasteiger partial charge >= 0.3 is 0 Å². The highest BCUT2D eigenvalue weighted by Gasteiger charge is 2.34. The summed E-state index contributed by atoms with van der Waals surface area (Å²) in [5.41, 5.74) is 1.32. The van der Waals surface area contributed by atoms with E-state index >= 15 is 0 Å². The van der Waals surface area contributed by atoms with Crippen molar-refractivity contribution in [2.45, 2.75) is 6.42 Å². The van der Waals surface area contributed by atoms with E-state index in [-0.39, 0.29) is 23.7 Å². The molecule has 1 aliphatic rings. The summed E-state index contributed by atoms with van der Waals surface area (Å²) in [6.07, 6.45) is 2.19. The largest absolute Gasteiger partial charge is 0.482 e. The fraction of sp³-hybridized carbons (Fsp3) is 0.227. The van der Waals surface area contributed by atoms with Crippen molar-refractivity contribution in [1.82, 2.24) is 4.90 Å². The van der Waals surface area contributed by atoms with Gasteiger partial charge in [0.25, 0.3) is 17.1 Å². The maximum Gasteiger partial charge on any atom is 0.293 e. The minimum atomic E-state index is -0.333. The second-order valence-electron chi connectivity index (χ2n) is 6.57. The molecule has 1 saturated heterocycles. The average Bonchev–Trinajstić information content (AvgIpc) is 3.01. The van der Waals surface area contributed by atoms with E-state index in [9.17, 15) is 14.4 Å². The van der Waals surface area contributed by atoms with E-state index in [1.165, 1.54) is 4.90 Å². The van der Waals surface area contributed by atoms with Crippen LogP contribution in [0.3, 0.4) is 0 Å². The predicted octanol–water partition coefficient (Wildman–Crippen LogP) is 4.43. The first-order valence-electron chi connectivity index (χ1n) is 9.49. The lowest BCUT2D eigenvalue weighted by molar-refractivity contribution is -0.123. The summed E-state index contributed by atoms with van der Waals surface area (Å²) in [5.74, 6) is -0.302. The number of carbonyl (C=O) groups is 3. The number of nitrogens with one attached hydrogen (secondary N) is 1. The Labute approximate surface area is 189 Å². The summed E-state index contributed by atoms with van der Waals surface area (Å²) in [6, 6.07) is 14.0. The highest BCUT2D eigenvalue weighted by molar-refractivity contribution is 8.18. The highest BCUT2D eigenvalue weighted by Crippen LogP contribution is 2.33. The van der Waals surface area contributed by atoms with Crippen molar-refractivity contribution in [3.63, 3.8) is 0 Å². The van der Waals surface area contributed by atoms with Crippen molar-refractivity contribution in [2.75, 3.05) is 32.2 Å². The summed E-state index contributed by atoms with van der Waals surface area (Å²) in [6.45, 7) is 0.587. The molecule has 0 unspecified atom stereocenters. The Morgan fingerprint density at radius 3 is 2.68 bits per heavy atom. The number of hydrogen-bond donors (Lipinski definition) is 1. The predicted molar refractivity (Wildman–Crippen MR) is 121 cm³/mol. The second kappa shape index (κ2) is 11.0. The molecule has 0 spiro atoms. The van der Waals surface area contributed by atoms with Crippen molar-refractivity contribution < 1.29 is 23.9 Å². The Morgan fingerprint density at radius 2 is 1.97 bits per heavy atom. The normalized spacial score (nSPS) is 14.9. The molecule has 1 N–H and O–H groups in total. The van der Waals surface area contributed by atoms with Gasteiger partial charge in [-0.3, -0.25) is 19.3 Å². The highest BCUT2D eigenvalue weighted by atomic mass is 35.5. The monoisotopic (exact) mass is 460 g/mol. The third-order valence-corrected chi connectivity index (χ3v) is 5.48. The van der Waals surface area contributed by atoms with Gasteiger partial charge in [0.15, 0.2) is 6.61 Å². The molecule has 1 aliphatic heterocycles. The molecule has 9 heteroatoms. The molecule has 0 saturated carbocycles. The van der Waals surface area contributed by atoms with Gasteiger partial charge in [-0.05, 0) is 54.1 Å². The summed E-state index contributed by atoms with van der Waals surface area (Å²) in [5, 5.41) is 2.71. The summed E-state index contributed by atoms with van der Waals surface area (Å²) < 4.78 is 10.5. The number of anilines is 1. The van der Waals surface area contributed by atoms with Crippen LogP contribution in [-0.2, 0) is 14.3 Å². The molecule has 0 atom stereocenters. The van der Waals surface area contributed by atoms with Gasteiger partial charge in [-0.25, -0.2) is 0 Å². The van der Waals surface area contributed by atoms with Crippen molar-refractivity contribution >= 4 is 52.2 Å². The summed E-state index contributed by atoms with van der Waals surface area (Å²) >= 11 is 7.16. The zero-order chi connectivity index (χ0) is 22.2. The Kier molecular flexibility index (Phi) is 8.11. The van der Waals surface area contributed by atoms with Gasteiger partial charge in [-0.15, -0.1) is 0 Å². The summed E-state index contributed by atoms with van der Waals surface area (Å²) in [4.78, 5) is 38.1. The molecule has 31 heavy (non-hydrogen) atoms. The molecule has 1 heterocycles. The van der Waals surface area contributed by atoms with Crippen LogP contribution in [0.15, 0.2) is 53.4 Å². The quantitative estimate of drug-likeness (QED) is 0.440. The lowest BCUT2D eigenvalue weighted by Crippen LogP contribution is -2.29. The Hall–Kier alpha value is -2.81. The van der Waals surface area contributed by atoms with Crippen LogP contribution in [0.1, 0.15) is 12.0 Å². The smallest absolute Gasteiger partial charge is 0.293 e. The van der Waals surface area contributed by atoms with Crippen LogP contribution in [0, 0.1) is 0 Å². The first kappa shape index (κ1) is 22.9. The third kappa shape index (κ3) is 6.33. The van der Waals surface area contributed by atoms with Crippen LogP contribution in [-0.4, -0.2) is 48.8 Å². The van der Waals surface area contributed by atoms with Crippen LogP contribution >= 0.6 is 23.4 Å². The standard InChI is InChI=1S/C22H21ClN2O5S/c1-29-11-5-10-25-21(27)19(31-22(25)28)13-15-8-9-18(17(23)12-15)30-14-20(26)24-16-6-3-2-4-7-16/h2-4,6-9,12-13H,5,10-11,14H2,1H3,(H,24,26)/b19-13+. The van der Waals surface area contributed by atoms with Gasteiger partial charge in [0.1, 0.15) is 5.75 Å². The lowest BCUT2D eigenvalue weighted by Gasteiger charge is -2.11. The minimum absolute atomic E-state index is 0.200. The SMILES string of the molecule is COCCCN1C(=O)S/C(=C/c2ccc(OCC(=O)Nc3ccccc3)c(Cl)c2)C1=O. The number of ether oxygens (including phenoxy) is 2. The van der Waals surface area contributed by atoms with Crippen LogP contribution in [0.4, 0.5) is 10.5 Å². The number of nitrogens with zero attached hydrogens (tertiary/aromatic N) is 1.